The Labute approximate surface area is 168 Å². The first-order chi connectivity index (χ1) is 13.0. The van der Waals surface area contributed by atoms with Crippen molar-refractivity contribution in [1.82, 2.24) is 5.32 Å². The van der Waals surface area contributed by atoms with Gasteiger partial charge in [-0.3, -0.25) is 4.79 Å². The number of allylic oxidation sites excluding steroid dienone is 1. The average molecular weight is 404 g/mol. The zero-order valence-electron chi connectivity index (χ0n) is 14.8. The van der Waals surface area contributed by atoms with Gasteiger partial charge in [0.1, 0.15) is 0 Å². The van der Waals surface area contributed by atoms with Gasteiger partial charge in [0.15, 0.2) is 0 Å². The Hall–Kier alpha value is -2.30. The standard InChI is InChI=1S/C21H19Cl2NO3/c1-13-19(21(26)27-11-10-14-6-3-2-4-7-14)16(12-18(25)24-13)15-8-5-9-17(22)20(15)23/h2-9,16H,10-12H2,1H3,(H,24,25). The number of amides is 1. The Morgan fingerprint density at radius 1 is 1.15 bits per heavy atom. The van der Waals surface area contributed by atoms with Crippen LogP contribution in [0, 0.1) is 0 Å². The monoisotopic (exact) mass is 403 g/mol. The molecule has 140 valence electrons. The van der Waals surface area contributed by atoms with Crippen molar-refractivity contribution in [1.29, 1.82) is 0 Å². The van der Waals surface area contributed by atoms with Crippen LogP contribution in [0.15, 0.2) is 59.8 Å². The van der Waals surface area contributed by atoms with Crippen molar-refractivity contribution in [3.8, 4) is 0 Å². The number of nitrogens with one attached hydrogen (secondary N) is 1. The minimum atomic E-state index is -0.492. The fraction of sp³-hybridized carbons (Fsp3) is 0.238. The summed E-state index contributed by atoms with van der Waals surface area (Å²) < 4.78 is 5.49. The molecule has 3 rings (SSSR count). The van der Waals surface area contributed by atoms with E-state index in [9.17, 15) is 9.59 Å². The van der Waals surface area contributed by atoms with Gasteiger partial charge in [0.25, 0.3) is 0 Å². The smallest absolute Gasteiger partial charge is 0.336 e. The summed E-state index contributed by atoms with van der Waals surface area (Å²) in [6, 6.07) is 15.0. The van der Waals surface area contributed by atoms with Crippen molar-refractivity contribution >= 4 is 35.1 Å². The van der Waals surface area contributed by atoms with Crippen molar-refractivity contribution < 1.29 is 14.3 Å². The zero-order valence-corrected chi connectivity index (χ0v) is 16.3. The molecule has 1 aliphatic heterocycles. The highest BCUT2D eigenvalue weighted by Crippen LogP contribution is 2.39. The van der Waals surface area contributed by atoms with Gasteiger partial charge in [0.05, 0.1) is 22.2 Å². The highest BCUT2D eigenvalue weighted by atomic mass is 35.5. The summed E-state index contributed by atoms with van der Waals surface area (Å²) in [5.74, 6) is -1.12. The van der Waals surface area contributed by atoms with Crippen LogP contribution in [0.5, 0.6) is 0 Å². The summed E-state index contributed by atoms with van der Waals surface area (Å²) in [5, 5.41) is 3.45. The van der Waals surface area contributed by atoms with Gasteiger partial charge in [0.2, 0.25) is 5.91 Å². The maximum absolute atomic E-state index is 12.8. The summed E-state index contributed by atoms with van der Waals surface area (Å²) in [5.41, 5.74) is 2.62. The molecular formula is C21H19Cl2NO3. The average Bonchev–Trinajstić information content (AvgIpc) is 2.64. The maximum atomic E-state index is 12.8. The largest absolute Gasteiger partial charge is 0.462 e. The van der Waals surface area contributed by atoms with Crippen molar-refractivity contribution in [3.63, 3.8) is 0 Å². The molecule has 1 aliphatic rings. The Morgan fingerprint density at radius 2 is 1.89 bits per heavy atom. The summed E-state index contributed by atoms with van der Waals surface area (Å²) in [4.78, 5) is 24.8. The first-order valence-electron chi connectivity index (χ1n) is 8.63. The van der Waals surface area contributed by atoms with Crippen LogP contribution in [0.2, 0.25) is 10.0 Å². The van der Waals surface area contributed by atoms with Gasteiger partial charge < -0.3 is 10.1 Å². The molecule has 0 saturated carbocycles. The zero-order chi connectivity index (χ0) is 19.4. The third-order valence-corrected chi connectivity index (χ3v) is 5.35. The molecule has 0 fully saturated rings. The van der Waals surface area contributed by atoms with Crippen molar-refractivity contribution in [2.24, 2.45) is 0 Å². The minimum Gasteiger partial charge on any atom is -0.462 e. The summed E-state index contributed by atoms with van der Waals surface area (Å²) in [6.07, 6.45) is 0.731. The van der Waals surface area contributed by atoms with E-state index in [4.69, 9.17) is 27.9 Å². The van der Waals surface area contributed by atoms with E-state index >= 15 is 0 Å². The lowest BCUT2D eigenvalue weighted by atomic mass is 9.84. The van der Waals surface area contributed by atoms with E-state index in [-0.39, 0.29) is 18.9 Å². The molecule has 1 unspecified atom stereocenters. The number of ether oxygens (including phenoxy) is 1. The summed E-state index contributed by atoms with van der Waals surface area (Å²) in [7, 11) is 0. The van der Waals surface area contributed by atoms with E-state index in [1.807, 2.05) is 30.3 Å². The molecule has 0 aromatic heterocycles. The number of halogens is 2. The van der Waals surface area contributed by atoms with E-state index in [2.05, 4.69) is 5.32 Å². The number of benzene rings is 2. The van der Waals surface area contributed by atoms with E-state index < -0.39 is 11.9 Å². The second kappa shape index (κ2) is 8.59. The topological polar surface area (TPSA) is 55.4 Å². The van der Waals surface area contributed by atoms with Crippen molar-refractivity contribution in [3.05, 3.63) is 81.0 Å². The molecule has 27 heavy (non-hydrogen) atoms. The molecule has 0 aliphatic carbocycles. The van der Waals surface area contributed by atoms with Crippen LogP contribution in [0.1, 0.15) is 30.4 Å². The molecule has 6 heteroatoms. The molecule has 0 spiro atoms. The quantitative estimate of drug-likeness (QED) is 0.738. The molecule has 0 saturated heterocycles. The van der Waals surface area contributed by atoms with E-state index in [1.54, 1.807) is 25.1 Å². The second-order valence-electron chi connectivity index (χ2n) is 6.36. The SMILES string of the molecule is CC1=C(C(=O)OCCc2ccccc2)C(c2cccc(Cl)c2Cl)CC(=O)N1. The Kier molecular flexibility index (Phi) is 6.19. The highest BCUT2D eigenvalue weighted by molar-refractivity contribution is 6.42. The molecule has 0 bridgehead atoms. The normalized spacial score (nSPS) is 16.9. The van der Waals surface area contributed by atoms with Crippen LogP contribution < -0.4 is 5.32 Å². The molecule has 1 amide bonds. The van der Waals surface area contributed by atoms with Gasteiger partial charge in [-0.25, -0.2) is 4.79 Å². The number of carbonyl (C=O) groups excluding carboxylic acids is 2. The molecule has 2 aromatic carbocycles. The van der Waals surface area contributed by atoms with Crippen LogP contribution in [-0.2, 0) is 20.7 Å². The minimum absolute atomic E-state index is 0.112. The Morgan fingerprint density at radius 3 is 2.63 bits per heavy atom. The summed E-state index contributed by atoms with van der Waals surface area (Å²) in [6.45, 7) is 1.94. The molecule has 1 N–H and O–H groups in total. The molecule has 1 heterocycles. The first-order valence-corrected chi connectivity index (χ1v) is 9.38. The van der Waals surface area contributed by atoms with Gasteiger partial charge in [0, 0.05) is 24.5 Å². The Balaban J connectivity index is 1.81. The number of esters is 1. The number of hydrogen-bond donors (Lipinski definition) is 1. The van der Waals surface area contributed by atoms with Crippen LogP contribution >= 0.6 is 23.2 Å². The predicted octanol–water partition coefficient (Wildman–Crippen LogP) is 4.66. The fourth-order valence-electron chi connectivity index (χ4n) is 3.21. The fourth-order valence-corrected chi connectivity index (χ4v) is 3.65. The lowest BCUT2D eigenvalue weighted by Gasteiger charge is -2.27. The third-order valence-electron chi connectivity index (χ3n) is 4.51. The molecule has 4 nitrogen and oxygen atoms in total. The second-order valence-corrected chi connectivity index (χ2v) is 7.14. The Bertz CT molecular complexity index is 894. The molecule has 1 atom stereocenters. The van der Waals surface area contributed by atoms with Gasteiger partial charge in [-0.1, -0.05) is 65.7 Å². The molecule has 0 radical (unpaired) electrons. The first kappa shape index (κ1) is 19.5. The van der Waals surface area contributed by atoms with Crippen molar-refractivity contribution in [2.45, 2.75) is 25.7 Å². The summed E-state index contributed by atoms with van der Waals surface area (Å²) >= 11 is 12.5. The van der Waals surface area contributed by atoms with Crippen LogP contribution in [0.4, 0.5) is 0 Å². The molecular weight excluding hydrogens is 385 g/mol. The van der Waals surface area contributed by atoms with E-state index in [1.165, 1.54) is 0 Å². The predicted molar refractivity (Wildman–Crippen MR) is 106 cm³/mol. The number of rotatable bonds is 5. The van der Waals surface area contributed by atoms with E-state index in [0.29, 0.717) is 33.3 Å². The van der Waals surface area contributed by atoms with Crippen LogP contribution in [-0.4, -0.2) is 18.5 Å². The van der Waals surface area contributed by atoms with Gasteiger partial charge >= 0.3 is 5.97 Å². The number of hydrogen-bond acceptors (Lipinski definition) is 3. The van der Waals surface area contributed by atoms with Crippen LogP contribution in [0.3, 0.4) is 0 Å². The highest BCUT2D eigenvalue weighted by Gasteiger charge is 2.34. The van der Waals surface area contributed by atoms with Gasteiger partial charge in [-0.05, 0) is 24.1 Å². The van der Waals surface area contributed by atoms with Crippen LogP contribution in [0.25, 0.3) is 0 Å². The van der Waals surface area contributed by atoms with E-state index in [0.717, 1.165) is 5.56 Å². The van der Waals surface area contributed by atoms with Crippen molar-refractivity contribution in [2.75, 3.05) is 6.61 Å². The lowest BCUT2D eigenvalue weighted by Crippen LogP contribution is -2.34. The maximum Gasteiger partial charge on any atom is 0.336 e. The third kappa shape index (κ3) is 4.52. The van der Waals surface area contributed by atoms with Gasteiger partial charge in [-0.2, -0.15) is 0 Å². The lowest BCUT2D eigenvalue weighted by molar-refractivity contribution is -0.139. The van der Waals surface area contributed by atoms with Gasteiger partial charge in [-0.15, -0.1) is 0 Å². The molecule has 2 aromatic rings. The number of carbonyl (C=O) groups is 2.